The Balaban J connectivity index is 3.01. The van der Waals surface area contributed by atoms with E-state index >= 15 is 0 Å². The van der Waals surface area contributed by atoms with Gasteiger partial charge >= 0.3 is 0 Å². The van der Waals surface area contributed by atoms with Crippen molar-refractivity contribution in [1.82, 2.24) is 5.32 Å². The standard InChI is InChI=1S/C19H39NO/c1-3-5-6-7-8-9-10-11-12-13-14-15-16-17-18-19(21)20-4-2/h3-18H2,1-2H3,(H,20,21). The van der Waals surface area contributed by atoms with E-state index in [1.807, 2.05) is 6.92 Å². The van der Waals surface area contributed by atoms with Crippen molar-refractivity contribution >= 4 is 5.91 Å². The van der Waals surface area contributed by atoms with Crippen molar-refractivity contribution in [2.45, 2.75) is 110 Å². The van der Waals surface area contributed by atoms with Gasteiger partial charge in [0, 0.05) is 13.0 Å². The van der Waals surface area contributed by atoms with Crippen LogP contribution in [0, 0.1) is 0 Å². The van der Waals surface area contributed by atoms with Crippen molar-refractivity contribution in [3.63, 3.8) is 0 Å². The van der Waals surface area contributed by atoms with Crippen LogP contribution in [0.3, 0.4) is 0 Å². The first-order chi connectivity index (χ1) is 10.3. The summed E-state index contributed by atoms with van der Waals surface area (Å²) < 4.78 is 0. The van der Waals surface area contributed by atoms with Gasteiger partial charge in [-0.25, -0.2) is 0 Å². The summed E-state index contributed by atoms with van der Waals surface area (Å²) >= 11 is 0. The van der Waals surface area contributed by atoms with Gasteiger partial charge in [-0.15, -0.1) is 0 Å². The van der Waals surface area contributed by atoms with E-state index in [1.165, 1.54) is 83.5 Å². The molecule has 0 aromatic heterocycles. The second-order valence-corrected chi connectivity index (χ2v) is 6.30. The molecular formula is C19H39NO. The number of rotatable bonds is 16. The molecule has 0 aliphatic rings. The summed E-state index contributed by atoms with van der Waals surface area (Å²) in [6.45, 7) is 5.01. The maximum atomic E-state index is 11.3. The highest BCUT2D eigenvalue weighted by molar-refractivity contribution is 5.75. The van der Waals surface area contributed by atoms with Gasteiger partial charge in [0.05, 0.1) is 0 Å². The Morgan fingerprint density at radius 3 is 1.38 bits per heavy atom. The molecule has 1 amide bonds. The summed E-state index contributed by atoms with van der Waals surface area (Å²) in [5, 5.41) is 2.85. The summed E-state index contributed by atoms with van der Waals surface area (Å²) in [5.74, 6) is 0.219. The number of unbranched alkanes of at least 4 members (excludes halogenated alkanes) is 13. The predicted molar refractivity (Wildman–Crippen MR) is 93.6 cm³/mol. The molecule has 0 spiro atoms. The number of amides is 1. The molecule has 0 aromatic rings. The summed E-state index contributed by atoms with van der Waals surface area (Å²) in [5.41, 5.74) is 0. The lowest BCUT2D eigenvalue weighted by molar-refractivity contribution is -0.121. The minimum Gasteiger partial charge on any atom is -0.356 e. The van der Waals surface area contributed by atoms with Gasteiger partial charge in [-0.1, -0.05) is 90.4 Å². The summed E-state index contributed by atoms with van der Waals surface area (Å²) in [4.78, 5) is 11.3. The Hall–Kier alpha value is -0.530. The van der Waals surface area contributed by atoms with E-state index in [9.17, 15) is 4.79 Å². The van der Waals surface area contributed by atoms with E-state index in [2.05, 4.69) is 12.2 Å². The SMILES string of the molecule is CCCCCCCCCCCCCCCCC(=O)NCC. The maximum Gasteiger partial charge on any atom is 0.219 e. The third kappa shape index (κ3) is 17.4. The largest absolute Gasteiger partial charge is 0.356 e. The monoisotopic (exact) mass is 297 g/mol. The van der Waals surface area contributed by atoms with Crippen molar-refractivity contribution in [3.05, 3.63) is 0 Å². The Morgan fingerprint density at radius 1 is 0.619 bits per heavy atom. The Kier molecular flexibility index (Phi) is 17.1. The van der Waals surface area contributed by atoms with Crippen LogP contribution >= 0.6 is 0 Å². The molecule has 0 heterocycles. The van der Waals surface area contributed by atoms with Gasteiger partial charge in [-0.3, -0.25) is 4.79 Å². The summed E-state index contributed by atoms with van der Waals surface area (Å²) in [7, 11) is 0. The second-order valence-electron chi connectivity index (χ2n) is 6.30. The molecule has 0 aliphatic carbocycles. The number of nitrogens with one attached hydrogen (secondary N) is 1. The quantitative estimate of drug-likeness (QED) is 0.348. The molecular weight excluding hydrogens is 258 g/mol. The lowest BCUT2D eigenvalue weighted by atomic mass is 10.0. The van der Waals surface area contributed by atoms with Gasteiger partial charge in [0.2, 0.25) is 5.91 Å². The zero-order valence-corrected chi connectivity index (χ0v) is 14.7. The fourth-order valence-electron chi connectivity index (χ4n) is 2.77. The van der Waals surface area contributed by atoms with Gasteiger partial charge in [0.1, 0.15) is 0 Å². The lowest BCUT2D eigenvalue weighted by Gasteiger charge is -2.03. The third-order valence-corrected chi connectivity index (χ3v) is 4.13. The van der Waals surface area contributed by atoms with E-state index in [1.54, 1.807) is 0 Å². The van der Waals surface area contributed by atoms with Crippen molar-refractivity contribution in [1.29, 1.82) is 0 Å². The molecule has 0 rings (SSSR count). The van der Waals surface area contributed by atoms with Gasteiger partial charge < -0.3 is 5.32 Å². The topological polar surface area (TPSA) is 29.1 Å². The van der Waals surface area contributed by atoms with Gasteiger partial charge in [-0.05, 0) is 13.3 Å². The van der Waals surface area contributed by atoms with Crippen molar-refractivity contribution in [2.75, 3.05) is 6.54 Å². The molecule has 0 radical (unpaired) electrons. The Labute approximate surface area is 133 Å². The molecule has 1 N–H and O–H groups in total. The predicted octanol–water partition coefficient (Wildman–Crippen LogP) is 5.99. The first kappa shape index (κ1) is 20.5. The number of hydrogen-bond acceptors (Lipinski definition) is 1. The molecule has 0 aliphatic heterocycles. The molecule has 0 fully saturated rings. The molecule has 0 aromatic carbocycles. The molecule has 0 bridgehead atoms. The van der Waals surface area contributed by atoms with Crippen LogP contribution in [0.15, 0.2) is 0 Å². The molecule has 0 saturated heterocycles. The summed E-state index contributed by atoms with van der Waals surface area (Å²) in [6, 6.07) is 0. The molecule has 0 atom stereocenters. The van der Waals surface area contributed by atoms with Gasteiger partial charge in [0.15, 0.2) is 0 Å². The zero-order chi connectivity index (χ0) is 15.6. The normalized spacial score (nSPS) is 10.8. The highest BCUT2D eigenvalue weighted by Crippen LogP contribution is 2.13. The molecule has 2 heteroatoms. The van der Waals surface area contributed by atoms with E-state index in [0.29, 0.717) is 6.42 Å². The molecule has 2 nitrogen and oxygen atoms in total. The van der Waals surface area contributed by atoms with Gasteiger partial charge in [-0.2, -0.15) is 0 Å². The molecule has 21 heavy (non-hydrogen) atoms. The Morgan fingerprint density at radius 2 is 1.00 bits per heavy atom. The van der Waals surface area contributed by atoms with Gasteiger partial charge in [0.25, 0.3) is 0 Å². The number of hydrogen-bond donors (Lipinski definition) is 1. The average molecular weight is 298 g/mol. The van der Waals surface area contributed by atoms with E-state index < -0.39 is 0 Å². The van der Waals surface area contributed by atoms with E-state index in [-0.39, 0.29) is 5.91 Å². The van der Waals surface area contributed by atoms with Crippen LogP contribution in [0.25, 0.3) is 0 Å². The van der Waals surface area contributed by atoms with Crippen molar-refractivity contribution in [3.8, 4) is 0 Å². The van der Waals surface area contributed by atoms with Crippen LogP contribution in [0.5, 0.6) is 0 Å². The second kappa shape index (κ2) is 17.5. The zero-order valence-electron chi connectivity index (χ0n) is 14.7. The van der Waals surface area contributed by atoms with Crippen LogP contribution in [0.4, 0.5) is 0 Å². The van der Waals surface area contributed by atoms with Crippen LogP contribution in [0.1, 0.15) is 110 Å². The number of carbonyl (C=O) groups is 1. The first-order valence-electron chi connectivity index (χ1n) is 9.58. The highest BCUT2D eigenvalue weighted by Gasteiger charge is 1.98. The van der Waals surface area contributed by atoms with E-state index in [4.69, 9.17) is 0 Å². The van der Waals surface area contributed by atoms with Crippen LogP contribution in [-0.2, 0) is 4.79 Å². The molecule has 0 unspecified atom stereocenters. The maximum absolute atomic E-state index is 11.3. The smallest absolute Gasteiger partial charge is 0.219 e. The average Bonchev–Trinajstić information content (AvgIpc) is 2.48. The highest BCUT2D eigenvalue weighted by atomic mass is 16.1. The lowest BCUT2D eigenvalue weighted by Crippen LogP contribution is -2.21. The Bertz CT molecular complexity index is 216. The van der Waals surface area contributed by atoms with Crippen molar-refractivity contribution < 1.29 is 4.79 Å². The third-order valence-electron chi connectivity index (χ3n) is 4.13. The molecule has 126 valence electrons. The fraction of sp³-hybridized carbons (Fsp3) is 0.947. The molecule has 0 saturated carbocycles. The summed E-state index contributed by atoms with van der Waals surface area (Å²) in [6.07, 6.45) is 19.8. The van der Waals surface area contributed by atoms with Crippen LogP contribution < -0.4 is 5.32 Å². The van der Waals surface area contributed by atoms with Crippen molar-refractivity contribution in [2.24, 2.45) is 0 Å². The number of carbonyl (C=O) groups excluding carboxylic acids is 1. The minimum absolute atomic E-state index is 0.219. The van der Waals surface area contributed by atoms with Crippen LogP contribution in [0.2, 0.25) is 0 Å². The van der Waals surface area contributed by atoms with E-state index in [0.717, 1.165) is 13.0 Å². The van der Waals surface area contributed by atoms with Crippen LogP contribution in [-0.4, -0.2) is 12.5 Å². The first-order valence-corrected chi connectivity index (χ1v) is 9.58. The minimum atomic E-state index is 0.219. The fourth-order valence-corrected chi connectivity index (χ4v) is 2.77.